The van der Waals surface area contributed by atoms with Crippen molar-refractivity contribution in [3.8, 4) is 11.3 Å². The van der Waals surface area contributed by atoms with Gasteiger partial charge in [0.05, 0.1) is 23.7 Å². The molecule has 2 heterocycles. The second-order valence-electron chi connectivity index (χ2n) is 6.98. The van der Waals surface area contributed by atoms with Crippen LogP contribution in [0.5, 0.6) is 0 Å². The average molecular weight is 497 g/mol. The van der Waals surface area contributed by atoms with Gasteiger partial charge in [0.15, 0.2) is 5.17 Å². The van der Waals surface area contributed by atoms with Crippen molar-refractivity contribution in [1.82, 2.24) is 4.90 Å². The number of benzene rings is 2. The molecule has 0 radical (unpaired) electrons. The van der Waals surface area contributed by atoms with Crippen molar-refractivity contribution in [3.05, 3.63) is 81.4 Å². The predicted molar refractivity (Wildman–Crippen MR) is 129 cm³/mol. The molecule has 1 aromatic heterocycles. The molecule has 0 N–H and O–H groups in total. The fourth-order valence-corrected chi connectivity index (χ4v) is 4.80. The number of hydrogen-bond acceptors (Lipinski definition) is 5. The number of hydrogen-bond donors (Lipinski definition) is 0. The lowest BCUT2D eigenvalue weighted by molar-refractivity contribution is -0.122. The van der Waals surface area contributed by atoms with E-state index < -0.39 is 0 Å². The summed E-state index contributed by atoms with van der Waals surface area (Å²) < 4.78 is 12.2. The van der Waals surface area contributed by atoms with Crippen LogP contribution in [0.3, 0.4) is 0 Å². The largest absolute Gasteiger partial charge is 0.457 e. The second-order valence-corrected chi connectivity index (χ2v) is 8.84. The highest BCUT2D eigenvalue weighted by Crippen LogP contribution is 2.36. The molecule has 0 atom stereocenters. The van der Waals surface area contributed by atoms with E-state index in [-0.39, 0.29) is 5.91 Å². The number of carbonyl (C=O) groups excluding carboxylic acids is 1. The van der Waals surface area contributed by atoms with Gasteiger partial charge in [0.1, 0.15) is 11.5 Å². The number of para-hydroxylation sites is 1. The number of furan rings is 1. The van der Waals surface area contributed by atoms with Crippen molar-refractivity contribution in [2.45, 2.75) is 6.92 Å². The molecule has 2 aromatic carbocycles. The first-order valence-electron chi connectivity index (χ1n) is 9.75. The number of amidine groups is 1. The monoisotopic (exact) mass is 496 g/mol. The van der Waals surface area contributed by atoms with Gasteiger partial charge in [0.2, 0.25) is 0 Å². The highest BCUT2D eigenvalue weighted by atomic mass is 79.9. The first-order chi connectivity index (χ1) is 15.0. The summed E-state index contributed by atoms with van der Waals surface area (Å²) in [7, 11) is 1.62. The lowest BCUT2D eigenvalue weighted by atomic mass is 10.1. The van der Waals surface area contributed by atoms with E-state index in [4.69, 9.17) is 9.15 Å². The van der Waals surface area contributed by atoms with Gasteiger partial charge in [-0.25, -0.2) is 4.99 Å². The van der Waals surface area contributed by atoms with Crippen LogP contribution in [0.25, 0.3) is 17.4 Å². The molecule has 5 nitrogen and oxygen atoms in total. The lowest BCUT2D eigenvalue weighted by Crippen LogP contribution is -2.32. The van der Waals surface area contributed by atoms with E-state index in [0.717, 1.165) is 21.5 Å². The number of halogens is 1. The van der Waals surface area contributed by atoms with Crippen LogP contribution in [-0.2, 0) is 9.53 Å². The van der Waals surface area contributed by atoms with Crippen molar-refractivity contribution in [2.75, 3.05) is 20.3 Å². The Balaban J connectivity index is 1.62. The number of methoxy groups -OCH3 is 1. The van der Waals surface area contributed by atoms with Crippen LogP contribution >= 0.6 is 27.7 Å². The summed E-state index contributed by atoms with van der Waals surface area (Å²) in [6.45, 7) is 2.91. The zero-order chi connectivity index (χ0) is 21.8. The summed E-state index contributed by atoms with van der Waals surface area (Å²) >= 11 is 4.93. The average Bonchev–Trinajstić information content (AvgIpc) is 3.32. The molecule has 0 bridgehead atoms. The third-order valence-electron chi connectivity index (χ3n) is 4.68. The van der Waals surface area contributed by atoms with E-state index in [2.05, 4.69) is 20.9 Å². The number of rotatable bonds is 6. The predicted octanol–water partition coefficient (Wildman–Crippen LogP) is 6.27. The topological polar surface area (TPSA) is 55.0 Å². The Bertz CT molecular complexity index is 1150. The van der Waals surface area contributed by atoms with Crippen molar-refractivity contribution >= 4 is 50.5 Å². The summed E-state index contributed by atoms with van der Waals surface area (Å²) in [6.07, 6.45) is 1.77. The van der Waals surface area contributed by atoms with Crippen LogP contribution in [0.2, 0.25) is 0 Å². The maximum atomic E-state index is 13.0. The third kappa shape index (κ3) is 5.01. The molecular weight excluding hydrogens is 476 g/mol. The molecular formula is C24H21BrN2O3S. The SMILES string of the molecule is COCCN1C(=O)C(=Cc2ccc(-c3ccc(C)cc3Br)o2)SC1=Nc1ccccc1. The van der Waals surface area contributed by atoms with E-state index in [0.29, 0.717) is 29.0 Å². The number of aryl methyl sites for hydroxylation is 1. The molecule has 3 aromatic rings. The van der Waals surface area contributed by atoms with Gasteiger partial charge in [0.25, 0.3) is 5.91 Å². The van der Waals surface area contributed by atoms with Crippen molar-refractivity contribution < 1.29 is 13.9 Å². The highest BCUT2D eigenvalue weighted by Gasteiger charge is 2.33. The van der Waals surface area contributed by atoms with Crippen molar-refractivity contribution in [1.29, 1.82) is 0 Å². The highest BCUT2D eigenvalue weighted by molar-refractivity contribution is 9.10. The van der Waals surface area contributed by atoms with E-state index >= 15 is 0 Å². The molecule has 0 spiro atoms. The number of thioether (sulfide) groups is 1. The summed E-state index contributed by atoms with van der Waals surface area (Å²) in [5.41, 5.74) is 2.93. The molecule has 4 rings (SSSR count). The second kappa shape index (κ2) is 9.68. The van der Waals surface area contributed by atoms with Gasteiger partial charge in [-0.05, 0) is 60.6 Å². The normalized spacial score (nSPS) is 16.6. The fraction of sp³-hybridized carbons (Fsp3) is 0.167. The quantitative estimate of drug-likeness (QED) is 0.377. The number of amides is 1. The Morgan fingerprint density at radius 1 is 1.16 bits per heavy atom. The van der Waals surface area contributed by atoms with E-state index in [1.54, 1.807) is 18.1 Å². The van der Waals surface area contributed by atoms with Gasteiger partial charge in [-0.15, -0.1) is 0 Å². The van der Waals surface area contributed by atoms with Crippen LogP contribution in [0.4, 0.5) is 5.69 Å². The number of nitrogens with zero attached hydrogens (tertiary/aromatic N) is 2. The first kappa shape index (κ1) is 21.6. The summed E-state index contributed by atoms with van der Waals surface area (Å²) in [6, 6.07) is 19.5. The van der Waals surface area contributed by atoms with Gasteiger partial charge in [-0.1, -0.05) is 40.2 Å². The minimum absolute atomic E-state index is 0.105. The summed E-state index contributed by atoms with van der Waals surface area (Å²) in [4.78, 5) is 19.9. The smallest absolute Gasteiger partial charge is 0.266 e. The van der Waals surface area contributed by atoms with Crippen LogP contribution in [0, 0.1) is 6.92 Å². The van der Waals surface area contributed by atoms with Crippen LogP contribution in [-0.4, -0.2) is 36.2 Å². The molecule has 31 heavy (non-hydrogen) atoms. The van der Waals surface area contributed by atoms with E-state index in [1.165, 1.54) is 17.3 Å². The number of ether oxygens (including phenoxy) is 1. The number of aliphatic imine (C=N–C) groups is 1. The van der Waals surface area contributed by atoms with Gasteiger partial charge in [-0.2, -0.15) is 0 Å². The summed E-state index contributed by atoms with van der Waals surface area (Å²) in [5, 5.41) is 0.632. The van der Waals surface area contributed by atoms with Crippen molar-refractivity contribution in [2.24, 2.45) is 4.99 Å². The van der Waals surface area contributed by atoms with E-state index in [1.807, 2.05) is 67.6 Å². The van der Waals surface area contributed by atoms with Gasteiger partial charge >= 0.3 is 0 Å². The van der Waals surface area contributed by atoms with Gasteiger partial charge < -0.3 is 9.15 Å². The Morgan fingerprint density at radius 2 is 1.97 bits per heavy atom. The molecule has 0 unspecified atom stereocenters. The maximum Gasteiger partial charge on any atom is 0.266 e. The molecule has 1 saturated heterocycles. The van der Waals surface area contributed by atoms with Gasteiger partial charge in [0, 0.05) is 23.2 Å². The van der Waals surface area contributed by atoms with Crippen LogP contribution < -0.4 is 0 Å². The van der Waals surface area contributed by atoms with Crippen LogP contribution in [0.15, 0.2) is 79.5 Å². The third-order valence-corrected chi connectivity index (χ3v) is 6.34. The zero-order valence-corrected chi connectivity index (χ0v) is 19.6. The molecule has 0 saturated carbocycles. The molecule has 1 aliphatic heterocycles. The molecule has 7 heteroatoms. The standard InChI is InChI=1S/C24H21BrN2O3S/c1-16-8-10-19(20(25)14-16)21-11-9-18(30-21)15-22-23(28)27(12-13-29-2)24(31-22)26-17-6-4-3-5-7-17/h3-11,14-15H,12-13H2,1-2H3. The Hall–Kier alpha value is -2.61. The lowest BCUT2D eigenvalue weighted by Gasteiger charge is -2.14. The summed E-state index contributed by atoms with van der Waals surface area (Å²) in [5.74, 6) is 1.25. The van der Waals surface area contributed by atoms with Crippen molar-refractivity contribution in [3.63, 3.8) is 0 Å². The zero-order valence-electron chi connectivity index (χ0n) is 17.2. The van der Waals surface area contributed by atoms with E-state index in [9.17, 15) is 4.79 Å². The Labute approximate surface area is 193 Å². The Morgan fingerprint density at radius 3 is 2.71 bits per heavy atom. The minimum Gasteiger partial charge on any atom is -0.457 e. The minimum atomic E-state index is -0.105. The molecule has 1 amide bonds. The van der Waals surface area contributed by atoms with Crippen LogP contribution in [0.1, 0.15) is 11.3 Å². The van der Waals surface area contributed by atoms with Gasteiger partial charge in [-0.3, -0.25) is 9.69 Å². The first-order valence-corrected chi connectivity index (χ1v) is 11.4. The number of carbonyl (C=O) groups is 1. The fourth-order valence-electron chi connectivity index (χ4n) is 3.11. The molecule has 158 valence electrons. The molecule has 1 fully saturated rings. The maximum absolute atomic E-state index is 13.0. The Kier molecular flexibility index (Phi) is 6.75. The molecule has 1 aliphatic rings. The molecule has 0 aliphatic carbocycles.